The maximum absolute atomic E-state index is 13.6. The Kier molecular flexibility index (Phi) is 3.50. The van der Waals surface area contributed by atoms with Gasteiger partial charge < -0.3 is 14.4 Å². The van der Waals surface area contributed by atoms with Gasteiger partial charge in [-0.05, 0) is 69.1 Å². The molecule has 5 nitrogen and oxygen atoms in total. The molecule has 0 aromatic rings. The summed E-state index contributed by atoms with van der Waals surface area (Å²) in [6.45, 7) is 3.91. The first-order chi connectivity index (χ1) is 12.0. The van der Waals surface area contributed by atoms with E-state index in [2.05, 4.69) is 0 Å². The molecular weight excluding hydrogens is 318 g/mol. The van der Waals surface area contributed by atoms with Crippen molar-refractivity contribution >= 4 is 18.0 Å². The molecule has 5 heteroatoms. The van der Waals surface area contributed by atoms with Crippen LogP contribution in [0.2, 0.25) is 0 Å². The summed E-state index contributed by atoms with van der Waals surface area (Å²) in [6.07, 6.45) is 5.57. The Morgan fingerprint density at radius 3 is 2.60 bits per heavy atom. The van der Waals surface area contributed by atoms with Crippen molar-refractivity contribution < 1.29 is 19.1 Å². The molecule has 4 aliphatic rings. The van der Waals surface area contributed by atoms with Crippen LogP contribution in [0.25, 0.3) is 0 Å². The molecule has 2 aliphatic heterocycles. The van der Waals surface area contributed by atoms with Crippen molar-refractivity contribution in [3.05, 3.63) is 22.5 Å². The van der Waals surface area contributed by atoms with Crippen LogP contribution in [0.1, 0.15) is 58.8 Å². The van der Waals surface area contributed by atoms with Gasteiger partial charge in [-0.2, -0.15) is 0 Å². The fourth-order valence-corrected chi connectivity index (χ4v) is 6.20. The van der Waals surface area contributed by atoms with Crippen LogP contribution in [-0.4, -0.2) is 41.6 Å². The smallest absolute Gasteiger partial charge is 0.223 e. The summed E-state index contributed by atoms with van der Waals surface area (Å²) in [5, 5.41) is 0. The predicted molar refractivity (Wildman–Crippen MR) is 91.6 cm³/mol. The normalized spacial score (nSPS) is 37.7. The Balaban J connectivity index is 2.04. The van der Waals surface area contributed by atoms with E-state index in [1.165, 1.54) is 0 Å². The highest BCUT2D eigenvalue weighted by Gasteiger charge is 2.72. The van der Waals surface area contributed by atoms with Gasteiger partial charge in [0.2, 0.25) is 5.91 Å². The van der Waals surface area contributed by atoms with Crippen molar-refractivity contribution in [1.82, 2.24) is 4.90 Å². The number of ketones is 1. The van der Waals surface area contributed by atoms with Crippen molar-refractivity contribution in [3.8, 4) is 0 Å². The Morgan fingerprint density at radius 1 is 1.16 bits per heavy atom. The lowest BCUT2D eigenvalue weighted by atomic mass is 9.65. The number of carbonyl (C=O) groups is 3. The number of allylic oxidation sites excluding steroid dienone is 2. The summed E-state index contributed by atoms with van der Waals surface area (Å²) >= 11 is 0. The molecule has 0 aromatic heterocycles. The summed E-state index contributed by atoms with van der Waals surface area (Å²) in [4.78, 5) is 40.1. The molecule has 2 spiro atoms. The zero-order valence-corrected chi connectivity index (χ0v) is 15.2. The van der Waals surface area contributed by atoms with Crippen LogP contribution < -0.4 is 0 Å². The first-order valence-electron chi connectivity index (χ1n) is 9.22. The van der Waals surface area contributed by atoms with Gasteiger partial charge in [-0.1, -0.05) is 0 Å². The number of methoxy groups -OCH3 is 1. The number of rotatable bonds is 2. The highest BCUT2D eigenvalue weighted by molar-refractivity contribution is 6.09. The number of ether oxygens (including phenoxy) is 1. The number of Topliss-reactive ketones (excluding diaryl/α,β-unsaturated/α-hetero) is 1. The number of hydrogen-bond acceptors (Lipinski definition) is 4. The van der Waals surface area contributed by atoms with Crippen molar-refractivity contribution in [1.29, 1.82) is 0 Å². The zero-order chi connectivity index (χ0) is 18.0. The lowest BCUT2D eigenvalue weighted by Gasteiger charge is -2.48. The Hall–Kier alpha value is -1.91. The quantitative estimate of drug-likeness (QED) is 0.723. The molecule has 1 amide bonds. The van der Waals surface area contributed by atoms with Crippen molar-refractivity contribution in [2.24, 2.45) is 5.41 Å². The lowest BCUT2D eigenvalue weighted by Crippen LogP contribution is -2.61. The van der Waals surface area contributed by atoms with E-state index in [4.69, 9.17) is 4.74 Å². The minimum atomic E-state index is -0.830. The van der Waals surface area contributed by atoms with Gasteiger partial charge >= 0.3 is 0 Å². The van der Waals surface area contributed by atoms with E-state index in [1.807, 2.05) is 13.8 Å². The zero-order valence-electron chi connectivity index (χ0n) is 15.2. The van der Waals surface area contributed by atoms with Gasteiger partial charge in [-0.15, -0.1) is 0 Å². The van der Waals surface area contributed by atoms with E-state index in [0.717, 1.165) is 48.0 Å². The van der Waals surface area contributed by atoms with E-state index in [0.29, 0.717) is 25.7 Å². The summed E-state index contributed by atoms with van der Waals surface area (Å²) in [5.74, 6) is 0.840. The molecule has 3 atom stereocenters. The molecule has 1 unspecified atom stereocenters. The molecule has 0 radical (unpaired) electrons. The maximum Gasteiger partial charge on any atom is 0.223 e. The molecule has 2 saturated heterocycles. The summed E-state index contributed by atoms with van der Waals surface area (Å²) in [7, 11) is 1.62. The van der Waals surface area contributed by atoms with E-state index in [9.17, 15) is 14.4 Å². The van der Waals surface area contributed by atoms with Crippen LogP contribution >= 0.6 is 0 Å². The second-order valence-electron chi connectivity index (χ2n) is 7.87. The molecule has 0 saturated carbocycles. The Labute approximate surface area is 148 Å². The van der Waals surface area contributed by atoms with E-state index < -0.39 is 17.0 Å². The standard InChI is InChI=1S/C20H25NO4/c1-12-7-9-19(18(12)25-3)17(24)13(2)15-5-4-6-16(23)21-14(11-22)8-10-20(15,19)21/h11,14H,4-10H2,1-3H3/t14-,19?,20+/m1/s1. The van der Waals surface area contributed by atoms with Crippen molar-refractivity contribution in [3.63, 3.8) is 0 Å². The van der Waals surface area contributed by atoms with Gasteiger partial charge in [-0.3, -0.25) is 9.59 Å². The maximum atomic E-state index is 13.6. The second kappa shape index (κ2) is 5.29. The van der Waals surface area contributed by atoms with Crippen molar-refractivity contribution in [2.75, 3.05) is 7.11 Å². The highest BCUT2D eigenvalue weighted by atomic mass is 16.5. The molecule has 0 N–H and O–H groups in total. The Morgan fingerprint density at radius 2 is 1.92 bits per heavy atom. The number of amides is 1. The average molecular weight is 343 g/mol. The van der Waals surface area contributed by atoms with Crippen LogP contribution in [0.3, 0.4) is 0 Å². The molecule has 4 rings (SSSR count). The van der Waals surface area contributed by atoms with Gasteiger partial charge in [0.15, 0.2) is 5.78 Å². The van der Waals surface area contributed by atoms with E-state index in [-0.39, 0.29) is 11.7 Å². The molecular formula is C20H25NO4. The fraction of sp³-hybridized carbons (Fsp3) is 0.650. The van der Waals surface area contributed by atoms with Gasteiger partial charge in [-0.25, -0.2) is 0 Å². The first kappa shape index (κ1) is 16.6. The summed E-state index contributed by atoms with van der Waals surface area (Å²) in [6, 6.07) is -0.435. The SMILES string of the molecule is COC1=C(C)CCC12C(=O)C(C)=C1CCCC(=O)N3[C@@H](C=O)CC[C@@]132. The van der Waals surface area contributed by atoms with Gasteiger partial charge in [0, 0.05) is 6.42 Å². The van der Waals surface area contributed by atoms with Crippen LogP contribution in [-0.2, 0) is 19.1 Å². The largest absolute Gasteiger partial charge is 0.500 e. The topological polar surface area (TPSA) is 63.7 Å². The fourth-order valence-electron chi connectivity index (χ4n) is 6.20. The summed E-state index contributed by atoms with van der Waals surface area (Å²) in [5.41, 5.74) is 1.43. The average Bonchev–Trinajstić information content (AvgIpc) is 3.16. The summed E-state index contributed by atoms with van der Waals surface area (Å²) < 4.78 is 5.78. The first-order valence-corrected chi connectivity index (χ1v) is 9.22. The minimum Gasteiger partial charge on any atom is -0.500 e. The molecule has 2 fully saturated rings. The Bertz CT molecular complexity index is 749. The molecule has 0 aromatic carbocycles. The van der Waals surface area contributed by atoms with E-state index >= 15 is 0 Å². The molecule has 134 valence electrons. The monoisotopic (exact) mass is 343 g/mol. The number of aldehydes is 1. The second-order valence-corrected chi connectivity index (χ2v) is 7.87. The molecule has 2 aliphatic carbocycles. The van der Waals surface area contributed by atoms with Crippen LogP contribution in [0.15, 0.2) is 22.5 Å². The van der Waals surface area contributed by atoms with E-state index in [1.54, 1.807) is 12.0 Å². The minimum absolute atomic E-state index is 0.00600. The van der Waals surface area contributed by atoms with Crippen LogP contribution in [0.4, 0.5) is 0 Å². The van der Waals surface area contributed by atoms with Gasteiger partial charge in [0.1, 0.15) is 17.5 Å². The predicted octanol–water partition coefficient (Wildman–Crippen LogP) is 2.70. The van der Waals surface area contributed by atoms with Crippen molar-refractivity contribution in [2.45, 2.75) is 70.4 Å². The van der Waals surface area contributed by atoms with Crippen LogP contribution in [0, 0.1) is 5.41 Å². The van der Waals surface area contributed by atoms with Gasteiger partial charge in [0.05, 0.1) is 18.7 Å². The third-order valence-corrected chi connectivity index (χ3v) is 7.03. The van der Waals surface area contributed by atoms with Crippen LogP contribution in [0.5, 0.6) is 0 Å². The number of carbonyl (C=O) groups excluding carboxylic acids is 3. The molecule has 0 bridgehead atoms. The third kappa shape index (κ3) is 1.67. The number of hydrogen-bond donors (Lipinski definition) is 0. The molecule has 2 heterocycles. The number of nitrogens with zero attached hydrogens (tertiary/aromatic N) is 1. The van der Waals surface area contributed by atoms with Gasteiger partial charge in [0.25, 0.3) is 0 Å². The lowest BCUT2D eigenvalue weighted by molar-refractivity contribution is -0.145. The highest BCUT2D eigenvalue weighted by Crippen LogP contribution is 2.66. The third-order valence-electron chi connectivity index (χ3n) is 7.03. The molecule has 25 heavy (non-hydrogen) atoms.